The van der Waals surface area contributed by atoms with Gasteiger partial charge in [0.25, 0.3) is 0 Å². The van der Waals surface area contributed by atoms with E-state index in [1.54, 1.807) is 12.1 Å². The Bertz CT molecular complexity index is 390. The topological polar surface area (TPSA) is 61.7 Å². The van der Waals surface area contributed by atoms with Gasteiger partial charge in [-0.25, -0.2) is 0 Å². The number of fused-ring (bicyclic) bond motifs is 1. The lowest BCUT2D eigenvalue weighted by molar-refractivity contribution is 0.0646. The summed E-state index contributed by atoms with van der Waals surface area (Å²) < 4.78 is 5.60. The third-order valence-corrected chi connectivity index (χ3v) is 2.73. The summed E-state index contributed by atoms with van der Waals surface area (Å²) in [5, 5.41) is 22.1. The molecule has 1 heterocycles. The molecule has 1 aromatic rings. The van der Waals surface area contributed by atoms with E-state index in [1.165, 1.54) is 0 Å². The molecule has 1 unspecified atom stereocenters. The summed E-state index contributed by atoms with van der Waals surface area (Å²) in [7, 11) is 0. The van der Waals surface area contributed by atoms with Crippen molar-refractivity contribution in [1.29, 1.82) is 0 Å². The number of hydrogen-bond donors (Lipinski definition) is 3. The van der Waals surface area contributed by atoms with Crippen LogP contribution in [0.25, 0.3) is 0 Å². The van der Waals surface area contributed by atoms with E-state index >= 15 is 0 Å². The standard InChI is InChI=1S/C12H17NO3/c1-7(2)13-5-12-9-4-11(15)10(14)3-8(9)6-16-12/h3-4,7,12-15H,5-6H2,1-2H3. The minimum absolute atomic E-state index is 0.0381. The fraction of sp³-hybridized carbons (Fsp3) is 0.500. The molecule has 0 radical (unpaired) electrons. The molecule has 0 saturated carbocycles. The van der Waals surface area contributed by atoms with Gasteiger partial charge in [-0.15, -0.1) is 0 Å². The first-order chi connectivity index (χ1) is 7.58. The van der Waals surface area contributed by atoms with Crippen LogP contribution in [0, 0.1) is 0 Å². The van der Waals surface area contributed by atoms with Crippen LogP contribution in [-0.2, 0) is 11.3 Å². The van der Waals surface area contributed by atoms with Crippen LogP contribution in [0.4, 0.5) is 0 Å². The average molecular weight is 223 g/mol. The van der Waals surface area contributed by atoms with Gasteiger partial charge in [-0.2, -0.15) is 0 Å². The lowest BCUT2D eigenvalue weighted by atomic mass is 10.0. The van der Waals surface area contributed by atoms with Crippen LogP contribution in [0.1, 0.15) is 31.1 Å². The number of phenolic OH excluding ortho intramolecular Hbond substituents is 2. The van der Waals surface area contributed by atoms with Gasteiger partial charge in [-0.3, -0.25) is 0 Å². The van der Waals surface area contributed by atoms with Gasteiger partial charge in [0.15, 0.2) is 11.5 Å². The van der Waals surface area contributed by atoms with Crippen molar-refractivity contribution in [3.8, 4) is 11.5 Å². The van der Waals surface area contributed by atoms with Crippen molar-refractivity contribution in [2.45, 2.75) is 32.6 Å². The first-order valence-corrected chi connectivity index (χ1v) is 5.47. The van der Waals surface area contributed by atoms with E-state index in [9.17, 15) is 10.2 Å². The number of rotatable bonds is 3. The smallest absolute Gasteiger partial charge is 0.157 e. The van der Waals surface area contributed by atoms with Crippen LogP contribution in [0.5, 0.6) is 11.5 Å². The first-order valence-electron chi connectivity index (χ1n) is 5.47. The van der Waals surface area contributed by atoms with Crippen LogP contribution in [0.2, 0.25) is 0 Å². The Balaban J connectivity index is 2.16. The molecular weight excluding hydrogens is 206 g/mol. The lowest BCUT2D eigenvalue weighted by Gasteiger charge is -2.14. The van der Waals surface area contributed by atoms with Gasteiger partial charge in [-0.1, -0.05) is 13.8 Å². The maximum atomic E-state index is 9.45. The highest BCUT2D eigenvalue weighted by molar-refractivity contribution is 5.47. The Morgan fingerprint density at radius 3 is 2.75 bits per heavy atom. The second kappa shape index (κ2) is 4.31. The van der Waals surface area contributed by atoms with E-state index in [0.29, 0.717) is 12.6 Å². The summed E-state index contributed by atoms with van der Waals surface area (Å²) in [5.74, 6) is -0.168. The molecule has 1 aliphatic heterocycles. The maximum absolute atomic E-state index is 9.45. The zero-order valence-corrected chi connectivity index (χ0v) is 9.53. The molecule has 16 heavy (non-hydrogen) atoms. The van der Waals surface area contributed by atoms with Gasteiger partial charge in [-0.05, 0) is 23.3 Å². The van der Waals surface area contributed by atoms with E-state index in [-0.39, 0.29) is 17.6 Å². The van der Waals surface area contributed by atoms with Gasteiger partial charge in [0.2, 0.25) is 0 Å². The van der Waals surface area contributed by atoms with E-state index in [0.717, 1.165) is 17.7 Å². The summed E-state index contributed by atoms with van der Waals surface area (Å²) >= 11 is 0. The number of benzene rings is 1. The number of nitrogens with one attached hydrogen (secondary N) is 1. The van der Waals surface area contributed by atoms with Crippen molar-refractivity contribution in [1.82, 2.24) is 5.32 Å². The van der Waals surface area contributed by atoms with Crippen LogP contribution >= 0.6 is 0 Å². The van der Waals surface area contributed by atoms with Crippen molar-refractivity contribution >= 4 is 0 Å². The van der Waals surface area contributed by atoms with Gasteiger partial charge in [0.05, 0.1) is 12.7 Å². The predicted octanol–water partition coefficient (Wildman–Crippen LogP) is 1.67. The first kappa shape index (κ1) is 11.2. The van der Waals surface area contributed by atoms with E-state index in [4.69, 9.17) is 4.74 Å². The second-order valence-electron chi connectivity index (χ2n) is 4.40. The predicted molar refractivity (Wildman–Crippen MR) is 60.4 cm³/mol. The SMILES string of the molecule is CC(C)NCC1OCc2cc(O)c(O)cc21. The Morgan fingerprint density at radius 1 is 1.38 bits per heavy atom. The molecule has 0 aromatic heterocycles. The third kappa shape index (κ3) is 2.13. The summed E-state index contributed by atoms with van der Waals surface area (Å²) in [6.07, 6.45) is -0.0381. The molecule has 0 fully saturated rings. The molecule has 1 atom stereocenters. The minimum atomic E-state index is -0.0844. The zero-order chi connectivity index (χ0) is 11.7. The van der Waals surface area contributed by atoms with E-state index in [2.05, 4.69) is 19.2 Å². The Kier molecular flexibility index (Phi) is 3.03. The summed E-state index contributed by atoms with van der Waals surface area (Å²) in [5.41, 5.74) is 1.91. The molecule has 0 bridgehead atoms. The molecule has 0 aliphatic carbocycles. The van der Waals surface area contributed by atoms with Gasteiger partial charge < -0.3 is 20.3 Å². The molecule has 3 N–H and O–H groups in total. The zero-order valence-electron chi connectivity index (χ0n) is 9.53. The third-order valence-electron chi connectivity index (χ3n) is 2.73. The summed E-state index contributed by atoms with van der Waals surface area (Å²) in [6, 6.07) is 3.56. The molecular formula is C12H17NO3. The molecule has 0 amide bonds. The largest absolute Gasteiger partial charge is 0.504 e. The molecule has 1 aliphatic rings. The fourth-order valence-electron chi connectivity index (χ4n) is 1.85. The van der Waals surface area contributed by atoms with Crippen molar-refractivity contribution in [3.05, 3.63) is 23.3 Å². The normalized spacial score (nSPS) is 19.1. The Labute approximate surface area is 94.9 Å². The summed E-state index contributed by atoms with van der Waals surface area (Å²) in [4.78, 5) is 0. The molecule has 0 saturated heterocycles. The van der Waals surface area contributed by atoms with E-state index in [1.807, 2.05) is 0 Å². The molecule has 88 valence electrons. The Hall–Kier alpha value is -1.26. The molecule has 0 spiro atoms. The average Bonchev–Trinajstić information content (AvgIpc) is 2.58. The monoisotopic (exact) mass is 223 g/mol. The highest BCUT2D eigenvalue weighted by Crippen LogP contribution is 2.37. The number of ether oxygens (including phenoxy) is 1. The number of hydrogen-bond acceptors (Lipinski definition) is 4. The molecule has 1 aromatic carbocycles. The van der Waals surface area contributed by atoms with Crippen molar-refractivity contribution in [3.63, 3.8) is 0 Å². The van der Waals surface area contributed by atoms with Crippen molar-refractivity contribution in [2.24, 2.45) is 0 Å². The molecule has 4 nitrogen and oxygen atoms in total. The van der Waals surface area contributed by atoms with Gasteiger partial charge in [0, 0.05) is 12.6 Å². The van der Waals surface area contributed by atoms with Gasteiger partial charge >= 0.3 is 0 Å². The molecule has 4 heteroatoms. The number of phenols is 2. The van der Waals surface area contributed by atoms with E-state index < -0.39 is 0 Å². The van der Waals surface area contributed by atoms with Gasteiger partial charge in [0.1, 0.15) is 0 Å². The van der Waals surface area contributed by atoms with Crippen molar-refractivity contribution in [2.75, 3.05) is 6.54 Å². The summed E-state index contributed by atoms with van der Waals surface area (Å²) in [6.45, 7) is 5.36. The number of aromatic hydroxyl groups is 2. The highest BCUT2D eigenvalue weighted by atomic mass is 16.5. The Morgan fingerprint density at radius 2 is 2.06 bits per heavy atom. The highest BCUT2D eigenvalue weighted by Gasteiger charge is 2.24. The van der Waals surface area contributed by atoms with Crippen LogP contribution in [-0.4, -0.2) is 22.8 Å². The van der Waals surface area contributed by atoms with Crippen LogP contribution < -0.4 is 5.32 Å². The fourth-order valence-corrected chi connectivity index (χ4v) is 1.85. The maximum Gasteiger partial charge on any atom is 0.157 e. The quantitative estimate of drug-likeness (QED) is 0.682. The van der Waals surface area contributed by atoms with Crippen molar-refractivity contribution < 1.29 is 14.9 Å². The minimum Gasteiger partial charge on any atom is -0.504 e. The lowest BCUT2D eigenvalue weighted by Crippen LogP contribution is -2.27. The molecule has 2 rings (SSSR count). The van der Waals surface area contributed by atoms with Crippen LogP contribution in [0.15, 0.2) is 12.1 Å². The van der Waals surface area contributed by atoms with Crippen LogP contribution in [0.3, 0.4) is 0 Å². The second-order valence-corrected chi connectivity index (χ2v) is 4.40.